The Balaban J connectivity index is 1.96. The van der Waals surface area contributed by atoms with E-state index < -0.39 is 0 Å². The van der Waals surface area contributed by atoms with Gasteiger partial charge < -0.3 is 10.6 Å². The molecular weight excluding hydrogens is 252 g/mol. The monoisotopic (exact) mass is 274 g/mol. The molecule has 2 amide bonds. The molecular formula is C16H22N2O2. The smallest absolute Gasteiger partial charge is 0.222 e. The molecule has 0 aromatic heterocycles. The van der Waals surface area contributed by atoms with Gasteiger partial charge in [0.15, 0.2) is 0 Å². The molecule has 1 fully saturated rings. The Morgan fingerprint density at radius 2 is 1.90 bits per heavy atom. The zero-order valence-electron chi connectivity index (χ0n) is 12.1. The van der Waals surface area contributed by atoms with Crippen LogP contribution in [-0.4, -0.2) is 18.4 Å². The molecule has 1 atom stereocenters. The largest absolute Gasteiger partial charge is 0.356 e. The van der Waals surface area contributed by atoms with Gasteiger partial charge in [-0.15, -0.1) is 0 Å². The van der Waals surface area contributed by atoms with Gasteiger partial charge in [-0.1, -0.05) is 29.8 Å². The molecule has 20 heavy (non-hydrogen) atoms. The molecule has 2 rings (SSSR count). The number of carbonyl (C=O) groups is 2. The number of benzene rings is 1. The molecule has 1 saturated carbocycles. The third kappa shape index (κ3) is 4.68. The number of rotatable bonds is 6. The molecule has 1 aliphatic carbocycles. The maximum Gasteiger partial charge on any atom is 0.222 e. The minimum atomic E-state index is -0.257. The first-order chi connectivity index (χ1) is 9.54. The topological polar surface area (TPSA) is 58.2 Å². The van der Waals surface area contributed by atoms with E-state index in [1.54, 1.807) is 0 Å². The van der Waals surface area contributed by atoms with Crippen LogP contribution in [0, 0.1) is 12.8 Å². The standard InChI is InChI=1S/C16H22N2O2/c1-11-3-7-14(8-4-11)15(18-12(2)19)9-16(20)17-10-13-5-6-13/h3-4,7-8,13,15H,5-6,9-10H2,1-2H3,(H,17,20)(H,18,19)/t15-/m0/s1. The summed E-state index contributed by atoms with van der Waals surface area (Å²) in [6, 6.07) is 7.65. The molecule has 0 bridgehead atoms. The van der Waals surface area contributed by atoms with Gasteiger partial charge in [-0.3, -0.25) is 9.59 Å². The molecule has 0 heterocycles. The highest BCUT2D eigenvalue weighted by Gasteiger charge is 2.23. The molecule has 1 aromatic carbocycles. The molecule has 1 aliphatic rings. The first-order valence-electron chi connectivity index (χ1n) is 7.15. The molecule has 4 heteroatoms. The Morgan fingerprint density at radius 1 is 1.25 bits per heavy atom. The van der Waals surface area contributed by atoms with Crippen molar-refractivity contribution in [2.24, 2.45) is 5.92 Å². The van der Waals surface area contributed by atoms with E-state index in [2.05, 4.69) is 10.6 Å². The average Bonchev–Trinajstić information content (AvgIpc) is 3.20. The van der Waals surface area contributed by atoms with Gasteiger partial charge in [0.1, 0.15) is 0 Å². The minimum absolute atomic E-state index is 0.00350. The van der Waals surface area contributed by atoms with Crippen LogP contribution in [0.4, 0.5) is 0 Å². The summed E-state index contributed by atoms with van der Waals surface area (Å²) in [5.41, 5.74) is 2.13. The van der Waals surface area contributed by atoms with Crippen LogP contribution >= 0.6 is 0 Å². The van der Waals surface area contributed by atoms with E-state index >= 15 is 0 Å². The van der Waals surface area contributed by atoms with Crippen LogP contribution in [0.1, 0.15) is 43.4 Å². The van der Waals surface area contributed by atoms with Gasteiger partial charge in [0.25, 0.3) is 0 Å². The molecule has 0 aliphatic heterocycles. The first kappa shape index (κ1) is 14.6. The lowest BCUT2D eigenvalue weighted by atomic mass is 10.0. The summed E-state index contributed by atoms with van der Waals surface area (Å²) in [6.45, 7) is 4.25. The molecule has 0 spiro atoms. The van der Waals surface area contributed by atoms with Crippen LogP contribution in [0.3, 0.4) is 0 Å². The van der Waals surface area contributed by atoms with Crippen molar-refractivity contribution in [3.05, 3.63) is 35.4 Å². The Kier molecular flexibility index (Phi) is 4.77. The Morgan fingerprint density at radius 3 is 2.45 bits per heavy atom. The summed E-state index contributed by atoms with van der Waals surface area (Å²) in [5, 5.41) is 5.79. The zero-order valence-corrected chi connectivity index (χ0v) is 12.1. The fourth-order valence-corrected chi connectivity index (χ4v) is 2.13. The van der Waals surface area contributed by atoms with E-state index in [1.165, 1.54) is 19.8 Å². The van der Waals surface area contributed by atoms with Gasteiger partial charge in [-0.2, -0.15) is 0 Å². The molecule has 0 radical (unpaired) electrons. The van der Waals surface area contributed by atoms with Gasteiger partial charge >= 0.3 is 0 Å². The highest BCUT2D eigenvalue weighted by Crippen LogP contribution is 2.27. The molecule has 0 unspecified atom stereocenters. The van der Waals surface area contributed by atoms with Gasteiger partial charge in [0.2, 0.25) is 11.8 Å². The van der Waals surface area contributed by atoms with E-state index in [4.69, 9.17) is 0 Å². The predicted molar refractivity (Wildman–Crippen MR) is 78.1 cm³/mol. The van der Waals surface area contributed by atoms with Crippen molar-refractivity contribution in [1.29, 1.82) is 0 Å². The zero-order chi connectivity index (χ0) is 14.5. The van der Waals surface area contributed by atoms with E-state index in [1.807, 2.05) is 31.2 Å². The van der Waals surface area contributed by atoms with E-state index in [0.29, 0.717) is 5.92 Å². The van der Waals surface area contributed by atoms with E-state index in [9.17, 15) is 9.59 Å². The number of carbonyl (C=O) groups excluding carboxylic acids is 2. The van der Waals surface area contributed by atoms with Crippen LogP contribution in [0.5, 0.6) is 0 Å². The van der Waals surface area contributed by atoms with Crippen LogP contribution < -0.4 is 10.6 Å². The second-order valence-electron chi connectivity index (χ2n) is 5.62. The maximum absolute atomic E-state index is 11.9. The van der Waals surface area contributed by atoms with E-state index in [0.717, 1.165) is 17.7 Å². The summed E-state index contributed by atoms with van der Waals surface area (Å²) >= 11 is 0. The van der Waals surface area contributed by atoms with Gasteiger partial charge in [0, 0.05) is 13.5 Å². The third-order valence-corrected chi connectivity index (χ3v) is 3.53. The average molecular weight is 274 g/mol. The molecule has 1 aromatic rings. The Hall–Kier alpha value is -1.84. The van der Waals surface area contributed by atoms with Crippen LogP contribution in [0.25, 0.3) is 0 Å². The lowest BCUT2D eigenvalue weighted by Crippen LogP contribution is -2.33. The highest BCUT2D eigenvalue weighted by atomic mass is 16.2. The molecule has 4 nitrogen and oxygen atoms in total. The summed E-state index contributed by atoms with van der Waals surface area (Å²) in [6.07, 6.45) is 2.72. The van der Waals surface area contributed by atoms with Gasteiger partial charge in [-0.05, 0) is 31.2 Å². The van der Waals surface area contributed by atoms with Crippen LogP contribution in [0.15, 0.2) is 24.3 Å². The van der Waals surface area contributed by atoms with Crippen molar-refractivity contribution >= 4 is 11.8 Å². The fourth-order valence-electron chi connectivity index (χ4n) is 2.13. The second kappa shape index (κ2) is 6.55. The summed E-state index contributed by atoms with van der Waals surface area (Å²) in [4.78, 5) is 23.3. The van der Waals surface area contributed by atoms with Crippen molar-refractivity contribution in [3.63, 3.8) is 0 Å². The van der Waals surface area contributed by atoms with Gasteiger partial charge in [-0.25, -0.2) is 0 Å². The van der Waals surface area contributed by atoms with Crippen LogP contribution in [-0.2, 0) is 9.59 Å². The SMILES string of the molecule is CC(=O)N[C@@H](CC(=O)NCC1CC1)c1ccc(C)cc1. The second-order valence-corrected chi connectivity index (χ2v) is 5.62. The fraction of sp³-hybridized carbons (Fsp3) is 0.500. The Labute approximate surface area is 119 Å². The van der Waals surface area contributed by atoms with Crippen molar-refractivity contribution in [2.45, 2.75) is 39.2 Å². The van der Waals surface area contributed by atoms with Crippen molar-refractivity contribution < 1.29 is 9.59 Å². The lowest BCUT2D eigenvalue weighted by Gasteiger charge is -2.18. The van der Waals surface area contributed by atoms with Crippen molar-refractivity contribution in [3.8, 4) is 0 Å². The number of aryl methyl sites for hydroxylation is 1. The molecule has 0 saturated heterocycles. The number of nitrogens with one attached hydrogen (secondary N) is 2. The van der Waals surface area contributed by atoms with Crippen LogP contribution in [0.2, 0.25) is 0 Å². The summed E-state index contributed by atoms with van der Waals surface area (Å²) < 4.78 is 0. The number of hydrogen-bond donors (Lipinski definition) is 2. The molecule has 108 valence electrons. The predicted octanol–water partition coefficient (Wildman–Crippen LogP) is 2.09. The normalized spacial score (nSPS) is 15.5. The summed E-state index contributed by atoms with van der Waals surface area (Å²) in [5.74, 6) is 0.541. The first-order valence-corrected chi connectivity index (χ1v) is 7.15. The Bertz CT molecular complexity index is 478. The molecule has 2 N–H and O–H groups in total. The lowest BCUT2D eigenvalue weighted by molar-refractivity contribution is -0.122. The summed E-state index contributed by atoms with van der Waals surface area (Å²) in [7, 11) is 0. The quantitative estimate of drug-likeness (QED) is 0.834. The number of hydrogen-bond acceptors (Lipinski definition) is 2. The highest BCUT2D eigenvalue weighted by molar-refractivity contribution is 5.79. The minimum Gasteiger partial charge on any atom is -0.356 e. The number of amides is 2. The third-order valence-electron chi connectivity index (χ3n) is 3.53. The maximum atomic E-state index is 11.9. The van der Waals surface area contributed by atoms with E-state index in [-0.39, 0.29) is 24.3 Å². The van der Waals surface area contributed by atoms with Crippen molar-refractivity contribution in [2.75, 3.05) is 6.54 Å². The van der Waals surface area contributed by atoms with Crippen molar-refractivity contribution in [1.82, 2.24) is 10.6 Å². The van der Waals surface area contributed by atoms with Gasteiger partial charge in [0.05, 0.1) is 12.5 Å².